The van der Waals surface area contributed by atoms with Crippen molar-refractivity contribution in [2.45, 2.75) is 13.5 Å². The second kappa shape index (κ2) is 5.71. The van der Waals surface area contributed by atoms with E-state index in [0.29, 0.717) is 18.8 Å². The first kappa shape index (κ1) is 13.4. The lowest BCUT2D eigenvalue weighted by atomic mass is 10.1. The third kappa shape index (κ3) is 3.45. The number of amides is 2. The van der Waals surface area contributed by atoms with Crippen LogP contribution >= 0.6 is 0 Å². The molecule has 0 unspecified atom stereocenters. The molecule has 1 aliphatic heterocycles. The number of nitrogens with one attached hydrogen (secondary N) is 1. The first-order valence-electron chi connectivity index (χ1n) is 6.14. The van der Waals surface area contributed by atoms with E-state index in [1.54, 1.807) is 17.0 Å². The summed E-state index contributed by atoms with van der Waals surface area (Å²) < 4.78 is 5.52. The van der Waals surface area contributed by atoms with E-state index in [1.165, 1.54) is 0 Å². The number of hydrogen-bond acceptors (Lipinski definition) is 5. The summed E-state index contributed by atoms with van der Waals surface area (Å²) in [6.45, 7) is 3.31. The van der Waals surface area contributed by atoms with Crippen molar-refractivity contribution in [3.05, 3.63) is 23.8 Å². The molecule has 6 heteroatoms. The maximum absolute atomic E-state index is 11.3. The van der Waals surface area contributed by atoms with Gasteiger partial charge in [-0.2, -0.15) is 0 Å². The Morgan fingerprint density at radius 3 is 2.63 bits per heavy atom. The molecule has 0 atom stereocenters. The van der Waals surface area contributed by atoms with Gasteiger partial charge in [0.25, 0.3) is 0 Å². The van der Waals surface area contributed by atoms with Gasteiger partial charge in [-0.1, -0.05) is 0 Å². The Hall–Kier alpha value is -2.08. The Labute approximate surface area is 111 Å². The highest BCUT2D eigenvalue weighted by Crippen LogP contribution is 2.23. The second-order valence-corrected chi connectivity index (χ2v) is 4.42. The number of carbonyl (C=O) groups excluding carboxylic acids is 2. The third-order valence-electron chi connectivity index (χ3n) is 2.79. The van der Waals surface area contributed by atoms with E-state index in [9.17, 15) is 9.59 Å². The third-order valence-corrected chi connectivity index (χ3v) is 2.79. The van der Waals surface area contributed by atoms with Gasteiger partial charge in [-0.25, -0.2) is 0 Å². The molecule has 102 valence electrons. The van der Waals surface area contributed by atoms with Gasteiger partial charge in [0.1, 0.15) is 5.75 Å². The topological polar surface area (TPSA) is 84.7 Å². The van der Waals surface area contributed by atoms with Crippen LogP contribution in [0, 0.1) is 0 Å². The Morgan fingerprint density at radius 2 is 2.00 bits per heavy atom. The smallest absolute Gasteiger partial charge is 0.240 e. The lowest BCUT2D eigenvalue weighted by Crippen LogP contribution is -2.50. The van der Waals surface area contributed by atoms with Gasteiger partial charge in [-0.3, -0.25) is 19.8 Å². The molecule has 0 spiro atoms. The fraction of sp³-hybridized carbons (Fsp3) is 0.385. The van der Waals surface area contributed by atoms with Crippen molar-refractivity contribution in [1.29, 1.82) is 0 Å². The molecule has 1 heterocycles. The van der Waals surface area contributed by atoms with Gasteiger partial charge < -0.3 is 10.5 Å². The van der Waals surface area contributed by atoms with Crippen molar-refractivity contribution in [2.75, 3.05) is 25.4 Å². The summed E-state index contributed by atoms with van der Waals surface area (Å²) in [7, 11) is 0. The van der Waals surface area contributed by atoms with Gasteiger partial charge in [-0.15, -0.1) is 0 Å². The zero-order valence-electron chi connectivity index (χ0n) is 10.8. The molecule has 19 heavy (non-hydrogen) atoms. The molecule has 1 saturated heterocycles. The molecular formula is C13H17N3O3. The summed E-state index contributed by atoms with van der Waals surface area (Å²) in [5.41, 5.74) is 7.27. The summed E-state index contributed by atoms with van der Waals surface area (Å²) in [6.07, 6.45) is 0. The molecule has 1 fully saturated rings. The van der Waals surface area contributed by atoms with E-state index in [4.69, 9.17) is 10.5 Å². The van der Waals surface area contributed by atoms with E-state index in [2.05, 4.69) is 5.32 Å². The van der Waals surface area contributed by atoms with Gasteiger partial charge >= 0.3 is 0 Å². The predicted molar refractivity (Wildman–Crippen MR) is 70.5 cm³/mol. The van der Waals surface area contributed by atoms with Gasteiger partial charge in [0.05, 0.1) is 19.7 Å². The molecular weight excluding hydrogens is 246 g/mol. The maximum atomic E-state index is 11.3. The summed E-state index contributed by atoms with van der Waals surface area (Å²) in [5, 5.41) is 2.27. The highest BCUT2D eigenvalue weighted by molar-refractivity contribution is 5.99. The number of anilines is 1. The minimum Gasteiger partial charge on any atom is -0.494 e. The zero-order chi connectivity index (χ0) is 13.8. The molecule has 1 aromatic rings. The van der Waals surface area contributed by atoms with Crippen LogP contribution < -0.4 is 15.8 Å². The first-order valence-corrected chi connectivity index (χ1v) is 6.14. The van der Waals surface area contributed by atoms with Gasteiger partial charge in [-0.05, 0) is 25.1 Å². The van der Waals surface area contributed by atoms with Crippen LogP contribution in [0.4, 0.5) is 5.69 Å². The number of carbonyl (C=O) groups is 2. The Morgan fingerprint density at radius 1 is 1.32 bits per heavy atom. The lowest BCUT2D eigenvalue weighted by Gasteiger charge is -2.26. The number of benzene rings is 1. The van der Waals surface area contributed by atoms with Crippen molar-refractivity contribution >= 4 is 17.5 Å². The Balaban J connectivity index is 2.15. The average molecular weight is 263 g/mol. The van der Waals surface area contributed by atoms with E-state index in [1.807, 2.05) is 13.0 Å². The molecule has 1 aromatic carbocycles. The fourth-order valence-corrected chi connectivity index (χ4v) is 2.07. The molecule has 3 N–H and O–H groups in total. The molecule has 6 nitrogen and oxygen atoms in total. The molecule has 0 bridgehead atoms. The fourth-order valence-electron chi connectivity index (χ4n) is 2.07. The number of imide groups is 1. The van der Waals surface area contributed by atoms with Crippen LogP contribution in [0.15, 0.2) is 18.2 Å². The molecule has 0 radical (unpaired) electrons. The van der Waals surface area contributed by atoms with Crippen molar-refractivity contribution in [3.8, 4) is 5.75 Å². The first-order chi connectivity index (χ1) is 9.08. The minimum absolute atomic E-state index is 0.201. The predicted octanol–water partition coefficient (Wildman–Crippen LogP) is 0.126. The lowest BCUT2D eigenvalue weighted by molar-refractivity contribution is -0.136. The highest BCUT2D eigenvalue weighted by Gasteiger charge is 2.23. The van der Waals surface area contributed by atoms with Crippen LogP contribution in [-0.2, 0) is 16.1 Å². The van der Waals surface area contributed by atoms with Crippen molar-refractivity contribution in [2.24, 2.45) is 0 Å². The quantitative estimate of drug-likeness (QED) is 0.595. The number of ether oxygens (including phenoxy) is 1. The van der Waals surface area contributed by atoms with Crippen molar-refractivity contribution in [3.63, 3.8) is 0 Å². The molecule has 0 aromatic heterocycles. The SMILES string of the molecule is CCOc1ccc(N)cc1CN1CC(=O)NC(=O)C1. The van der Waals surface area contributed by atoms with Crippen LogP contribution in [-0.4, -0.2) is 36.4 Å². The van der Waals surface area contributed by atoms with Crippen LogP contribution in [0.2, 0.25) is 0 Å². The highest BCUT2D eigenvalue weighted by atomic mass is 16.5. The largest absolute Gasteiger partial charge is 0.494 e. The van der Waals surface area contributed by atoms with E-state index in [0.717, 1.165) is 11.3 Å². The number of hydrogen-bond donors (Lipinski definition) is 2. The summed E-state index contributed by atoms with van der Waals surface area (Å²) >= 11 is 0. The molecule has 1 aliphatic rings. The van der Waals surface area contributed by atoms with E-state index < -0.39 is 0 Å². The van der Waals surface area contributed by atoms with Crippen molar-refractivity contribution < 1.29 is 14.3 Å². The number of nitrogen functional groups attached to an aromatic ring is 1. The second-order valence-electron chi connectivity index (χ2n) is 4.42. The van der Waals surface area contributed by atoms with E-state index in [-0.39, 0.29) is 24.9 Å². The normalized spacial score (nSPS) is 16.3. The summed E-state index contributed by atoms with van der Waals surface area (Å²) in [5.74, 6) is 0.173. The number of nitrogens with zero attached hydrogens (tertiary/aromatic N) is 1. The van der Waals surface area contributed by atoms with Crippen LogP contribution in [0.1, 0.15) is 12.5 Å². The minimum atomic E-state index is -0.280. The average Bonchev–Trinajstić information content (AvgIpc) is 2.31. The summed E-state index contributed by atoms with van der Waals surface area (Å²) in [4.78, 5) is 24.4. The summed E-state index contributed by atoms with van der Waals surface area (Å²) in [6, 6.07) is 5.38. The van der Waals surface area contributed by atoms with Crippen LogP contribution in [0.5, 0.6) is 5.75 Å². The molecule has 0 saturated carbocycles. The van der Waals surface area contributed by atoms with Gasteiger partial charge in [0.2, 0.25) is 11.8 Å². The maximum Gasteiger partial charge on any atom is 0.240 e. The van der Waals surface area contributed by atoms with E-state index >= 15 is 0 Å². The molecule has 0 aliphatic carbocycles. The van der Waals surface area contributed by atoms with Gasteiger partial charge in [0.15, 0.2) is 0 Å². The Kier molecular flexibility index (Phi) is 4.01. The zero-order valence-corrected chi connectivity index (χ0v) is 10.8. The Bertz CT molecular complexity index is 486. The number of piperazine rings is 1. The van der Waals surface area contributed by atoms with Gasteiger partial charge in [0, 0.05) is 17.8 Å². The van der Waals surface area contributed by atoms with Crippen molar-refractivity contribution in [1.82, 2.24) is 10.2 Å². The van der Waals surface area contributed by atoms with Crippen LogP contribution in [0.3, 0.4) is 0 Å². The van der Waals surface area contributed by atoms with Crippen LogP contribution in [0.25, 0.3) is 0 Å². The monoisotopic (exact) mass is 263 g/mol. The number of nitrogens with two attached hydrogens (primary N) is 1. The standard InChI is InChI=1S/C13H17N3O3/c1-2-19-11-4-3-10(14)5-9(11)6-16-7-12(17)15-13(18)8-16/h3-5H,2,6-8,14H2,1H3,(H,15,17,18). The molecule has 2 rings (SSSR count). The molecule has 2 amide bonds. The number of rotatable bonds is 4.